The minimum Gasteiger partial charge on any atom is -0.497 e. The molecule has 1 amide bonds. The van der Waals surface area contributed by atoms with Crippen LogP contribution in [0.3, 0.4) is 0 Å². The molecule has 132 valence electrons. The van der Waals surface area contributed by atoms with Crippen molar-refractivity contribution >= 4 is 27.8 Å². The van der Waals surface area contributed by atoms with Gasteiger partial charge in [0.2, 0.25) is 10.0 Å². The van der Waals surface area contributed by atoms with E-state index in [4.69, 9.17) is 4.74 Å². The fraction of sp³-hybridized carbons (Fsp3) is 0.176. The topological polar surface area (TPSA) is 88.1 Å². The zero-order chi connectivity index (χ0) is 18.3. The average molecular weight is 361 g/mol. The number of amides is 1. The van der Waals surface area contributed by atoms with Crippen LogP contribution in [-0.4, -0.2) is 40.4 Å². The third-order valence-corrected chi connectivity index (χ3v) is 4.37. The fourth-order valence-corrected chi connectivity index (χ4v) is 2.92. The summed E-state index contributed by atoms with van der Waals surface area (Å²) >= 11 is 0. The number of hydrogen-bond donors (Lipinski definition) is 1. The molecule has 0 aromatic heterocycles. The first kappa shape index (κ1) is 18.5. The maximum Gasteiger partial charge on any atom is 0.260 e. The summed E-state index contributed by atoms with van der Waals surface area (Å²) in [6, 6.07) is 15.5. The number of anilines is 1. The zero-order valence-corrected chi connectivity index (χ0v) is 14.7. The van der Waals surface area contributed by atoms with Gasteiger partial charge in [0.05, 0.1) is 25.3 Å². The smallest absolute Gasteiger partial charge is 0.260 e. The van der Waals surface area contributed by atoms with Gasteiger partial charge in [-0.2, -0.15) is 5.10 Å². The Kier molecular flexibility index (Phi) is 6.13. The van der Waals surface area contributed by atoms with Crippen molar-refractivity contribution in [3.8, 4) is 5.75 Å². The molecule has 0 radical (unpaired) electrons. The van der Waals surface area contributed by atoms with Gasteiger partial charge in [0.25, 0.3) is 5.91 Å². The third-order valence-electron chi connectivity index (χ3n) is 3.23. The second kappa shape index (κ2) is 8.29. The molecule has 0 aliphatic rings. The van der Waals surface area contributed by atoms with Crippen LogP contribution in [0, 0.1) is 0 Å². The lowest BCUT2D eigenvalue weighted by molar-refractivity contribution is -0.119. The first-order valence-corrected chi connectivity index (χ1v) is 9.23. The maximum atomic E-state index is 12.0. The van der Waals surface area contributed by atoms with Crippen molar-refractivity contribution in [1.29, 1.82) is 0 Å². The first-order chi connectivity index (χ1) is 11.9. The number of carbonyl (C=O) groups excluding carboxylic acids is 1. The van der Waals surface area contributed by atoms with E-state index in [1.165, 1.54) is 6.21 Å². The molecule has 8 heteroatoms. The van der Waals surface area contributed by atoms with E-state index in [9.17, 15) is 13.2 Å². The number of sulfonamides is 1. The normalized spacial score (nSPS) is 11.3. The van der Waals surface area contributed by atoms with E-state index in [0.717, 1.165) is 16.1 Å². The molecule has 0 unspecified atom stereocenters. The largest absolute Gasteiger partial charge is 0.497 e. The van der Waals surface area contributed by atoms with Crippen LogP contribution in [0.25, 0.3) is 0 Å². The third kappa shape index (κ3) is 5.61. The van der Waals surface area contributed by atoms with Gasteiger partial charge in [0.15, 0.2) is 0 Å². The van der Waals surface area contributed by atoms with Crippen LogP contribution >= 0.6 is 0 Å². The molecule has 0 fully saturated rings. The minimum absolute atomic E-state index is 0.363. The van der Waals surface area contributed by atoms with Crippen LogP contribution in [0.2, 0.25) is 0 Å². The number of hydrogen-bond acceptors (Lipinski definition) is 5. The number of nitrogens with zero attached hydrogens (tertiary/aromatic N) is 2. The number of carbonyl (C=O) groups is 1. The van der Waals surface area contributed by atoms with Crippen molar-refractivity contribution in [3.05, 3.63) is 60.2 Å². The summed E-state index contributed by atoms with van der Waals surface area (Å²) in [5, 5.41) is 3.84. The highest BCUT2D eigenvalue weighted by Gasteiger charge is 2.20. The Labute approximate surface area is 147 Å². The second-order valence-electron chi connectivity index (χ2n) is 5.17. The average Bonchev–Trinajstić information content (AvgIpc) is 2.59. The predicted octanol–water partition coefficient (Wildman–Crippen LogP) is 1.61. The van der Waals surface area contributed by atoms with Crippen LogP contribution in [0.1, 0.15) is 5.56 Å². The van der Waals surface area contributed by atoms with Gasteiger partial charge in [0, 0.05) is 0 Å². The molecular weight excluding hydrogens is 342 g/mol. The molecule has 0 saturated heterocycles. The summed E-state index contributed by atoms with van der Waals surface area (Å²) in [6.07, 6.45) is 2.50. The zero-order valence-electron chi connectivity index (χ0n) is 13.9. The lowest BCUT2D eigenvalue weighted by Crippen LogP contribution is -2.38. The molecule has 2 rings (SSSR count). The molecule has 2 aromatic rings. The van der Waals surface area contributed by atoms with Crippen molar-refractivity contribution in [3.63, 3.8) is 0 Å². The molecule has 0 spiro atoms. The van der Waals surface area contributed by atoms with E-state index in [1.807, 2.05) is 0 Å². The Hall–Kier alpha value is -2.87. The van der Waals surface area contributed by atoms with Gasteiger partial charge in [-0.3, -0.25) is 9.10 Å². The van der Waals surface area contributed by atoms with E-state index in [1.54, 1.807) is 61.7 Å². The van der Waals surface area contributed by atoms with Crippen LogP contribution in [0.15, 0.2) is 59.7 Å². The number of para-hydroxylation sites is 1. The van der Waals surface area contributed by atoms with Crippen molar-refractivity contribution in [2.24, 2.45) is 5.10 Å². The van der Waals surface area contributed by atoms with Crippen molar-refractivity contribution in [1.82, 2.24) is 5.43 Å². The molecule has 0 aliphatic heterocycles. The summed E-state index contributed by atoms with van der Waals surface area (Å²) in [5.74, 6) is 0.121. The highest BCUT2D eigenvalue weighted by atomic mass is 32.2. The predicted molar refractivity (Wildman–Crippen MR) is 97.4 cm³/mol. The van der Waals surface area contributed by atoms with Crippen LogP contribution in [-0.2, 0) is 14.8 Å². The van der Waals surface area contributed by atoms with E-state index in [2.05, 4.69) is 10.5 Å². The molecular formula is C17H19N3O4S. The van der Waals surface area contributed by atoms with Crippen LogP contribution in [0.5, 0.6) is 5.75 Å². The van der Waals surface area contributed by atoms with Crippen molar-refractivity contribution < 1.29 is 17.9 Å². The number of ether oxygens (including phenoxy) is 1. The summed E-state index contributed by atoms with van der Waals surface area (Å²) < 4.78 is 30.0. The van der Waals surface area contributed by atoms with Gasteiger partial charge >= 0.3 is 0 Å². The van der Waals surface area contributed by atoms with E-state index >= 15 is 0 Å². The van der Waals surface area contributed by atoms with E-state index in [-0.39, 0.29) is 6.54 Å². The summed E-state index contributed by atoms with van der Waals surface area (Å²) in [7, 11) is -2.04. The van der Waals surface area contributed by atoms with Crippen LogP contribution < -0.4 is 14.5 Å². The quantitative estimate of drug-likeness (QED) is 0.599. The summed E-state index contributed by atoms with van der Waals surface area (Å²) in [5.41, 5.74) is 3.48. The van der Waals surface area contributed by atoms with Gasteiger partial charge in [0.1, 0.15) is 12.3 Å². The molecule has 0 saturated carbocycles. The Morgan fingerprint density at radius 2 is 1.92 bits per heavy atom. The summed E-state index contributed by atoms with van der Waals surface area (Å²) in [6.45, 7) is -0.363. The molecule has 0 heterocycles. The van der Waals surface area contributed by atoms with E-state index < -0.39 is 15.9 Å². The summed E-state index contributed by atoms with van der Waals surface area (Å²) in [4.78, 5) is 12.0. The molecule has 25 heavy (non-hydrogen) atoms. The molecule has 1 N–H and O–H groups in total. The van der Waals surface area contributed by atoms with Gasteiger partial charge in [-0.1, -0.05) is 30.3 Å². The van der Waals surface area contributed by atoms with Gasteiger partial charge < -0.3 is 4.74 Å². The van der Waals surface area contributed by atoms with Crippen LogP contribution in [0.4, 0.5) is 5.69 Å². The Bertz CT molecular complexity index is 851. The number of methoxy groups -OCH3 is 1. The lowest BCUT2D eigenvalue weighted by Gasteiger charge is -2.21. The molecule has 2 aromatic carbocycles. The molecule has 0 aliphatic carbocycles. The molecule has 0 atom stereocenters. The number of nitrogens with one attached hydrogen (secondary N) is 1. The number of benzene rings is 2. The monoisotopic (exact) mass is 361 g/mol. The van der Waals surface area contributed by atoms with Crippen molar-refractivity contribution in [2.45, 2.75) is 0 Å². The number of hydrazone groups is 1. The van der Waals surface area contributed by atoms with Crippen molar-refractivity contribution in [2.75, 3.05) is 24.2 Å². The standard InChI is InChI=1S/C17H19N3O4S/c1-24-16-10-6-7-14(11-16)12-18-19-17(21)13-20(25(2,22)23)15-8-4-3-5-9-15/h3-12H,13H2,1-2H3,(H,19,21)/b18-12-. The maximum absolute atomic E-state index is 12.0. The highest BCUT2D eigenvalue weighted by Crippen LogP contribution is 2.16. The minimum atomic E-state index is -3.60. The van der Waals surface area contributed by atoms with E-state index in [0.29, 0.717) is 11.4 Å². The lowest BCUT2D eigenvalue weighted by atomic mass is 10.2. The second-order valence-corrected chi connectivity index (χ2v) is 7.08. The van der Waals surface area contributed by atoms with Gasteiger partial charge in [-0.25, -0.2) is 13.8 Å². The van der Waals surface area contributed by atoms with Gasteiger partial charge in [-0.05, 0) is 29.8 Å². The first-order valence-electron chi connectivity index (χ1n) is 7.39. The molecule has 7 nitrogen and oxygen atoms in total. The molecule has 0 bridgehead atoms. The number of rotatable bonds is 7. The Morgan fingerprint density at radius 3 is 2.56 bits per heavy atom. The fourth-order valence-electron chi connectivity index (χ4n) is 2.06. The highest BCUT2D eigenvalue weighted by molar-refractivity contribution is 7.92. The van der Waals surface area contributed by atoms with Gasteiger partial charge in [-0.15, -0.1) is 0 Å². The Morgan fingerprint density at radius 1 is 1.20 bits per heavy atom. The Balaban J connectivity index is 2.03. The SMILES string of the molecule is COc1cccc(/C=N\NC(=O)CN(c2ccccc2)S(C)(=O)=O)c1.